The van der Waals surface area contributed by atoms with E-state index in [-0.39, 0.29) is 29.1 Å². The predicted molar refractivity (Wildman–Crippen MR) is 52.6 cm³/mol. The smallest absolute Gasteiger partial charge is 0.303 e. The maximum Gasteiger partial charge on any atom is 0.303 e. The van der Waals surface area contributed by atoms with Gasteiger partial charge in [-0.2, -0.15) is 0 Å². The number of esters is 1. The highest BCUT2D eigenvalue weighted by Gasteiger charge is 2.41. The van der Waals surface area contributed by atoms with E-state index in [2.05, 4.69) is 22.9 Å². The minimum atomic E-state index is -0.248. The van der Waals surface area contributed by atoms with Gasteiger partial charge in [-0.05, 0) is 6.42 Å². The molecule has 2 unspecified atom stereocenters. The number of hydrogen-bond acceptors (Lipinski definition) is 3. The van der Waals surface area contributed by atoms with Crippen LogP contribution in [0.15, 0.2) is 0 Å². The molecule has 1 aliphatic heterocycles. The van der Waals surface area contributed by atoms with Crippen molar-refractivity contribution >= 4 is 21.9 Å². The topological polar surface area (TPSA) is 35.5 Å². The summed E-state index contributed by atoms with van der Waals surface area (Å²) in [6, 6.07) is 0. The van der Waals surface area contributed by atoms with Gasteiger partial charge in [0.05, 0.1) is 6.10 Å². The Bertz CT molecular complexity index is 195. The molecule has 0 amide bonds. The van der Waals surface area contributed by atoms with Crippen molar-refractivity contribution in [1.82, 2.24) is 0 Å². The van der Waals surface area contributed by atoms with Gasteiger partial charge in [-0.15, -0.1) is 0 Å². The third-order valence-electron chi connectivity index (χ3n) is 2.37. The third-order valence-corrected chi connectivity index (χ3v) is 3.11. The number of rotatable bonds is 2. The van der Waals surface area contributed by atoms with Crippen molar-refractivity contribution in [2.45, 2.75) is 44.4 Å². The van der Waals surface area contributed by atoms with Gasteiger partial charge in [0.25, 0.3) is 0 Å². The number of carbonyl (C=O) groups is 1. The molecule has 0 aromatic rings. The molecule has 0 N–H and O–H groups in total. The Morgan fingerprint density at radius 1 is 1.62 bits per heavy atom. The van der Waals surface area contributed by atoms with Gasteiger partial charge in [0.1, 0.15) is 11.1 Å². The van der Waals surface area contributed by atoms with Crippen molar-refractivity contribution in [1.29, 1.82) is 0 Å². The molecule has 0 aromatic carbocycles. The van der Waals surface area contributed by atoms with Gasteiger partial charge in [-0.1, -0.05) is 29.8 Å². The van der Waals surface area contributed by atoms with Crippen molar-refractivity contribution in [3.63, 3.8) is 0 Å². The van der Waals surface area contributed by atoms with Gasteiger partial charge < -0.3 is 9.47 Å². The largest absolute Gasteiger partial charge is 0.458 e. The Balaban J connectivity index is 2.58. The number of halogens is 1. The summed E-state index contributed by atoms with van der Waals surface area (Å²) in [5.74, 6) is 0.0138. The molecule has 0 radical (unpaired) electrons. The molecule has 1 aliphatic rings. The second-order valence-corrected chi connectivity index (χ2v) is 4.27. The first kappa shape index (κ1) is 11.0. The van der Waals surface area contributed by atoms with Crippen LogP contribution in [-0.4, -0.2) is 23.2 Å². The van der Waals surface area contributed by atoms with E-state index in [0.29, 0.717) is 0 Å². The highest BCUT2D eigenvalue weighted by molar-refractivity contribution is 9.09. The van der Waals surface area contributed by atoms with E-state index in [1.165, 1.54) is 6.92 Å². The summed E-state index contributed by atoms with van der Waals surface area (Å²) in [5.41, 5.74) is 0. The molecule has 3 nitrogen and oxygen atoms in total. The van der Waals surface area contributed by atoms with Gasteiger partial charge in [0.2, 0.25) is 0 Å². The van der Waals surface area contributed by atoms with Gasteiger partial charge >= 0.3 is 5.97 Å². The maximum absolute atomic E-state index is 10.8. The summed E-state index contributed by atoms with van der Waals surface area (Å²) >= 11 is 3.36. The zero-order chi connectivity index (χ0) is 10.0. The van der Waals surface area contributed by atoms with Gasteiger partial charge in [0, 0.05) is 12.8 Å². The van der Waals surface area contributed by atoms with E-state index in [0.717, 1.165) is 6.42 Å². The summed E-state index contributed by atoms with van der Waals surface area (Å²) in [7, 11) is 0. The average Bonchev–Trinajstić information content (AvgIpc) is 2.31. The monoisotopic (exact) mass is 250 g/mol. The van der Waals surface area contributed by atoms with E-state index in [4.69, 9.17) is 9.47 Å². The van der Waals surface area contributed by atoms with E-state index in [9.17, 15) is 4.79 Å². The molecule has 1 saturated heterocycles. The number of carbonyl (C=O) groups excluding carboxylic acids is 1. The predicted octanol–water partition coefficient (Wildman–Crippen LogP) is 2.08. The number of ether oxygens (including phenoxy) is 2. The molecule has 1 fully saturated rings. The number of alkyl halides is 1. The summed E-state index contributed by atoms with van der Waals surface area (Å²) in [5, 5.41) is -0.156. The van der Waals surface area contributed by atoms with E-state index >= 15 is 0 Å². The van der Waals surface area contributed by atoms with Crippen molar-refractivity contribution in [3.8, 4) is 0 Å². The normalized spacial score (nSPS) is 39.1. The van der Waals surface area contributed by atoms with Crippen molar-refractivity contribution in [3.05, 3.63) is 0 Å². The van der Waals surface area contributed by atoms with Crippen molar-refractivity contribution in [2.75, 3.05) is 0 Å². The highest BCUT2D eigenvalue weighted by Crippen LogP contribution is 2.33. The molecule has 4 heteroatoms. The lowest BCUT2D eigenvalue weighted by molar-refractivity contribution is -0.148. The summed E-state index contributed by atoms with van der Waals surface area (Å²) in [6.07, 6.45) is 0.984. The second-order valence-electron chi connectivity index (χ2n) is 3.37. The van der Waals surface area contributed by atoms with E-state index < -0.39 is 0 Å². The average molecular weight is 251 g/mol. The van der Waals surface area contributed by atoms with Crippen LogP contribution in [-0.2, 0) is 14.3 Å². The second kappa shape index (κ2) is 4.42. The zero-order valence-electron chi connectivity index (χ0n) is 8.12. The lowest BCUT2D eigenvalue weighted by atomic mass is 10.00. The van der Waals surface area contributed by atoms with Gasteiger partial charge in [-0.3, -0.25) is 4.79 Å². The van der Waals surface area contributed by atoms with Crippen LogP contribution in [0.5, 0.6) is 0 Å². The minimum absolute atomic E-state index is 0.151. The molecule has 0 bridgehead atoms. The Labute approximate surface area is 86.9 Å². The first-order valence-corrected chi connectivity index (χ1v) is 5.44. The first-order valence-electron chi connectivity index (χ1n) is 4.53. The molecule has 4 atom stereocenters. The van der Waals surface area contributed by atoms with Gasteiger partial charge in [-0.25, -0.2) is 0 Å². The Kier molecular flexibility index (Phi) is 3.74. The van der Waals surface area contributed by atoms with Crippen LogP contribution in [0.4, 0.5) is 0 Å². The third kappa shape index (κ3) is 2.44. The molecule has 0 spiro atoms. The first-order chi connectivity index (χ1) is 6.06. The van der Waals surface area contributed by atoms with Crippen LogP contribution in [0.25, 0.3) is 0 Å². The van der Waals surface area contributed by atoms with Crippen LogP contribution in [0.1, 0.15) is 27.2 Å². The highest BCUT2D eigenvalue weighted by atomic mass is 79.9. The maximum atomic E-state index is 10.8. The minimum Gasteiger partial charge on any atom is -0.458 e. The van der Waals surface area contributed by atoms with Crippen molar-refractivity contribution in [2.24, 2.45) is 5.92 Å². The van der Waals surface area contributed by atoms with Crippen LogP contribution in [0.3, 0.4) is 0 Å². The zero-order valence-corrected chi connectivity index (χ0v) is 9.71. The Morgan fingerprint density at radius 3 is 2.62 bits per heavy atom. The van der Waals surface area contributed by atoms with Crippen molar-refractivity contribution < 1.29 is 14.3 Å². The fourth-order valence-corrected chi connectivity index (χ4v) is 2.51. The SMILES string of the molecule is CC[C@H]1OC(Br)C(OC(C)=O)[C@H]1C. The molecular weight excluding hydrogens is 236 g/mol. The lowest BCUT2D eigenvalue weighted by Crippen LogP contribution is -2.28. The fraction of sp³-hybridized carbons (Fsp3) is 0.889. The Morgan fingerprint density at radius 2 is 2.23 bits per heavy atom. The molecule has 0 saturated carbocycles. The molecule has 0 aliphatic carbocycles. The molecule has 76 valence electrons. The fourth-order valence-electron chi connectivity index (χ4n) is 1.64. The van der Waals surface area contributed by atoms with Crippen LogP contribution in [0.2, 0.25) is 0 Å². The van der Waals surface area contributed by atoms with Crippen LogP contribution < -0.4 is 0 Å². The lowest BCUT2D eigenvalue weighted by Gasteiger charge is -2.17. The molecule has 1 rings (SSSR count). The molecule has 13 heavy (non-hydrogen) atoms. The summed E-state index contributed by atoms with van der Waals surface area (Å²) < 4.78 is 10.7. The van der Waals surface area contributed by atoms with Gasteiger partial charge in [0.15, 0.2) is 0 Å². The summed E-state index contributed by atoms with van der Waals surface area (Å²) in [6.45, 7) is 5.53. The quantitative estimate of drug-likeness (QED) is 0.556. The van der Waals surface area contributed by atoms with E-state index in [1.54, 1.807) is 0 Å². The Hall–Kier alpha value is -0.0900. The molecule has 1 heterocycles. The molecular formula is C9H15BrO3. The van der Waals surface area contributed by atoms with Crippen LogP contribution in [0, 0.1) is 5.92 Å². The standard InChI is InChI=1S/C9H15BrO3/c1-4-7-5(2)8(9(10)13-7)12-6(3)11/h5,7-9H,4H2,1-3H3/t5-,7+,8?,9?/m0/s1. The molecule has 0 aromatic heterocycles. The number of hydrogen-bond donors (Lipinski definition) is 0. The van der Waals surface area contributed by atoms with Crippen LogP contribution >= 0.6 is 15.9 Å². The summed E-state index contributed by atoms with van der Waals surface area (Å²) in [4.78, 5) is 10.8. The van der Waals surface area contributed by atoms with E-state index in [1.807, 2.05) is 6.92 Å².